The van der Waals surface area contributed by atoms with Crippen LogP contribution in [0.4, 0.5) is 5.95 Å². The van der Waals surface area contributed by atoms with E-state index in [1.165, 1.54) is 6.07 Å². The number of aromatic carboxylic acids is 1. The molecule has 1 aliphatic heterocycles. The first-order valence-corrected chi connectivity index (χ1v) is 5.93. The van der Waals surface area contributed by atoms with Crippen molar-refractivity contribution in [2.45, 2.75) is 13.3 Å². The van der Waals surface area contributed by atoms with Crippen LogP contribution in [0.15, 0.2) is 6.07 Å². The summed E-state index contributed by atoms with van der Waals surface area (Å²) in [6, 6.07) is 1.48. The number of aromatic nitrogens is 2. The second-order valence-corrected chi connectivity index (χ2v) is 4.56. The Balaban J connectivity index is 2.16. The molecule has 2 heterocycles. The first-order valence-electron chi connectivity index (χ1n) is 5.93. The van der Waals surface area contributed by atoms with E-state index in [9.17, 15) is 4.79 Å². The highest BCUT2D eigenvalue weighted by molar-refractivity contribution is 5.85. The summed E-state index contributed by atoms with van der Waals surface area (Å²) in [5.74, 6) is -0.0484. The molecule has 98 valence electrons. The highest BCUT2D eigenvalue weighted by atomic mass is 16.5. The molecule has 1 unspecified atom stereocenters. The van der Waals surface area contributed by atoms with Crippen LogP contribution >= 0.6 is 0 Å². The maximum atomic E-state index is 11.0. The summed E-state index contributed by atoms with van der Waals surface area (Å²) >= 11 is 0. The third-order valence-electron chi connectivity index (χ3n) is 3.03. The Hall–Kier alpha value is -1.69. The normalized spacial score (nSPS) is 19.2. The first-order chi connectivity index (χ1) is 8.60. The molecule has 1 fully saturated rings. The molecule has 0 aliphatic carbocycles. The van der Waals surface area contributed by atoms with E-state index in [0.717, 1.165) is 19.5 Å². The summed E-state index contributed by atoms with van der Waals surface area (Å²) in [5, 5.41) is 8.98. The number of carboxylic acids is 1. The second kappa shape index (κ2) is 5.30. The lowest BCUT2D eigenvalue weighted by molar-refractivity contribution is 0.0690. The van der Waals surface area contributed by atoms with Crippen LogP contribution in [-0.4, -0.2) is 47.8 Å². The summed E-state index contributed by atoms with van der Waals surface area (Å²) in [6.45, 7) is 4.15. The molecule has 0 saturated carbocycles. The number of ether oxygens (including phenoxy) is 1. The molecule has 1 aromatic rings. The van der Waals surface area contributed by atoms with Gasteiger partial charge in [0.2, 0.25) is 5.95 Å². The van der Waals surface area contributed by atoms with Crippen LogP contribution in [0.25, 0.3) is 0 Å². The summed E-state index contributed by atoms with van der Waals surface area (Å²) in [5.41, 5.74) is 0.722. The minimum absolute atomic E-state index is 0.0488. The summed E-state index contributed by atoms with van der Waals surface area (Å²) in [7, 11) is 1.69. The van der Waals surface area contributed by atoms with Crippen molar-refractivity contribution in [2.24, 2.45) is 5.92 Å². The number of rotatable bonds is 4. The molecular formula is C12H17N3O3. The van der Waals surface area contributed by atoms with E-state index >= 15 is 0 Å². The standard InChI is InChI=1S/C12H17N3O3/c1-8-5-10(11(16)17)14-12(13-8)15-4-3-9(6-15)7-18-2/h5,9H,3-4,6-7H2,1-2H3,(H,16,17). The molecule has 0 aromatic carbocycles. The molecule has 6 nitrogen and oxygen atoms in total. The van der Waals surface area contributed by atoms with E-state index < -0.39 is 5.97 Å². The van der Waals surface area contributed by atoms with Crippen LogP contribution in [0.1, 0.15) is 22.6 Å². The molecule has 1 N–H and O–H groups in total. The van der Waals surface area contributed by atoms with Gasteiger partial charge in [0.1, 0.15) is 0 Å². The molecule has 6 heteroatoms. The van der Waals surface area contributed by atoms with Gasteiger partial charge in [0.25, 0.3) is 0 Å². The van der Waals surface area contributed by atoms with Crippen LogP contribution in [0.2, 0.25) is 0 Å². The lowest BCUT2D eigenvalue weighted by Gasteiger charge is -2.17. The van der Waals surface area contributed by atoms with Crippen molar-refractivity contribution >= 4 is 11.9 Å². The maximum Gasteiger partial charge on any atom is 0.354 e. The number of hydrogen-bond donors (Lipinski definition) is 1. The van der Waals surface area contributed by atoms with Gasteiger partial charge in [-0.2, -0.15) is 0 Å². The minimum atomic E-state index is -1.02. The molecule has 0 radical (unpaired) electrons. The second-order valence-electron chi connectivity index (χ2n) is 4.56. The Bertz CT molecular complexity index is 450. The number of methoxy groups -OCH3 is 1. The fourth-order valence-corrected chi connectivity index (χ4v) is 2.19. The largest absolute Gasteiger partial charge is 0.477 e. The monoisotopic (exact) mass is 251 g/mol. The first kappa shape index (κ1) is 12.8. The zero-order chi connectivity index (χ0) is 13.1. The topological polar surface area (TPSA) is 75.5 Å². The molecule has 0 spiro atoms. The third kappa shape index (κ3) is 2.76. The van der Waals surface area contributed by atoms with Crippen molar-refractivity contribution < 1.29 is 14.6 Å². The van der Waals surface area contributed by atoms with Gasteiger partial charge in [0.15, 0.2) is 5.69 Å². The minimum Gasteiger partial charge on any atom is -0.477 e. The van der Waals surface area contributed by atoms with E-state index in [1.807, 2.05) is 4.90 Å². The van der Waals surface area contributed by atoms with E-state index in [1.54, 1.807) is 14.0 Å². The quantitative estimate of drug-likeness (QED) is 0.859. The van der Waals surface area contributed by atoms with Gasteiger partial charge in [-0.3, -0.25) is 0 Å². The predicted octanol–water partition coefficient (Wildman–Crippen LogP) is 0.956. The van der Waals surface area contributed by atoms with E-state index in [4.69, 9.17) is 9.84 Å². The van der Waals surface area contributed by atoms with Crippen LogP contribution < -0.4 is 4.90 Å². The van der Waals surface area contributed by atoms with Crippen molar-refractivity contribution in [3.05, 3.63) is 17.5 Å². The van der Waals surface area contributed by atoms with Gasteiger partial charge in [-0.25, -0.2) is 14.8 Å². The molecule has 1 saturated heterocycles. The fraction of sp³-hybridized carbons (Fsp3) is 0.583. The number of carbonyl (C=O) groups is 1. The van der Waals surface area contributed by atoms with Crippen LogP contribution in [0.5, 0.6) is 0 Å². The van der Waals surface area contributed by atoms with Gasteiger partial charge in [-0.15, -0.1) is 0 Å². The summed E-state index contributed by atoms with van der Waals surface area (Å²) < 4.78 is 5.13. The van der Waals surface area contributed by atoms with E-state index in [2.05, 4.69) is 9.97 Å². The molecule has 0 bridgehead atoms. The third-order valence-corrected chi connectivity index (χ3v) is 3.03. The molecule has 0 amide bonds. The zero-order valence-electron chi connectivity index (χ0n) is 10.6. The van der Waals surface area contributed by atoms with Crippen molar-refractivity contribution in [1.82, 2.24) is 9.97 Å². The van der Waals surface area contributed by atoms with Crippen molar-refractivity contribution in [3.63, 3.8) is 0 Å². The predicted molar refractivity (Wildman–Crippen MR) is 65.9 cm³/mol. The number of anilines is 1. The summed E-state index contributed by atoms with van der Waals surface area (Å²) in [4.78, 5) is 21.4. The van der Waals surface area contributed by atoms with E-state index in [0.29, 0.717) is 24.2 Å². The number of aryl methyl sites for hydroxylation is 1. The molecule has 1 atom stereocenters. The van der Waals surface area contributed by atoms with E-state index in [-0.39, 0.29) is 5.69 Å². The Morgan fingerprint density at radius 3 is 3.06 bits per heavy atom. The van der Waals surface area contributed by atoms with Crippen molar-refractivity contribution in [2.75, 3.05) is 31.7 Å². The number of nitrogens with zero attached hydrogens (tertiary/aromatic N) is 3. The SMILES string of the molecule is COCC1CCN(c2nc(C)cc(C(=O)O)n2)C1. The van der Waals surface area contributed by atoms with Gasteiger partial charge < -0.3 is 14.7 Å². The Kier molecular flexibility index (Phi) is 3.76. The molecule has 18 heavy (non-hydrogen) atoms. The van der Waals surface area contributed by atoms with Crippen molar-refractivity contribution in [3.8, 4) is 0 Å². The van der Waals surface area contributed by atoms with Gasteiger partial charge in [-0.05, 0) is 19.4 Å². The Morgan fingerprint density at radius 2 is 2.39 bits per heavy atom. The zero-order valence-corrected chi connectivity index (χ0v) is 10.6. The lowest BCUT2D eigenvalue weighted by atomic mass is 10.1. The highest BCUT2D eigenvalue weighted by Gasteiger charge is 2.25. The maximum absolute atomic E-state index is 11.0. The van der Waals surface area contributed by atoms with Gasteiger partial charge in [0, 0.05) is 31.8 Å². The summed E-state index contributed by atoms with van der Waals surface area (Å²) in [6.07, 6.45) is 1.02. The molecule has 2 rings (SSSR count). The average Bonchev–Trinajstić information content (AvgIpc) is 2.77. The van der Waals surface area contributed by atoms with Crippen molar-refractivity contribution in [1.29, 1.82) is 0 Å². The highest BCUT2D eigenvalue weighted by Crippen LogP contribution is 2.21. The molecular weight excluding hydrogens is 234 g/mol. The van der Waals surface area contributed by atoms with Crippen LogP contribution in [0, 0.1) is 12.8 Å². The van der Waals surface area contributed by atoms with Gasteiger partial charge >= 0.3 is 5.97 Å². The molecule has 1 aromatic heterocycles. The Morgan fingerprint density at radius 1 is 1.61 bits per heavy atom. The fourth-order valence-electron chi connectivity index (χ4n) is 2.19. The Labute approximate surface area is 106 Å². The van der Waals surface area contributed by atoms with Gasteiger partial charge in [0.05, 0.1) is 6.61 Å². The molecule has 1 aliphatic rings. The van der Waals surface area contributed by atoms with Crippen LogP contribution in [-0.2, 0) is 4.74 Å². The van der Waals surface area contributed by atoms with Gasteiger partial charge in [-0.1, -0.05) is 0 Å². The number of carboxylic acid groups (broad SMARTS) is 1. The number of hydrogen-bond acceptors (Lipinski definition) is 5. The smallest absolute Gasteiger partial charge is 0.354 e. The average molecular weight is 251 g/mol. The van der Waals surface area contributed by atoms with Crippen LogP contribution in [0.3, 0.4) is 0 Å². The lowest BCUT2D eigenvalue weighted by Crippen LogP contribution is -2.24.